The monoisotopic (exact) mass is 427 g/mol. The van der Waals surface area contributed by atoms with Gasteiger partial charge in [-0.05, 0) is 49.9 Å². The molecule has 1 aromatic rings. The number of aliphatic imine (C=N–C) groups is 1. The molecule has 1 aliphatic carbocycles. The Morgan fingerprint density at radius 1 is 1.25 bits per heavy atom. The molecule has 1 aliphatic rings. The second-order valence-corrected chi connectivity index (χ2v) is 5.58. The summed E-state index contributed by atoms with van der Waals surface area (Å²) >= 11 is 11.9. The number of guanidine groups is 1. The molecule has 0 bridgehead atoms. The topological polar surface area (TPSA) is 36.4 Å². The molecule has 1 saturated carbocycles. The lowest BCUT2D eigenvalue weighted by Gasteiger charge is -2.10. The van der Waals surface area contributed by atoms with E-state index in [-0.39, 0.29) is 24.0 Å². The van der Waals surface area contributed by atoms with Crippen molar-refractivity contribution in [1.29, 1.82) is 0 Å². The first-order chi connectivity index (χ1) is 9.17. The smallest absolute Gasteiger partial charge is 0.191 e. The first-order valence-corrected chi connectivity index (χ1v) is 7.43. The number of nitrogens with zero attached hydrogens (tertiary/aromatic N) is 1. The first kappa shape index (κ1) is 17.9. The molecule has 0 spiro atoms. The van der Waals surface area contributed by atoms with Crippen molar-refractivity contribution >= 4 is 53.1 Å². The second kappa shape index (κ2) is 8.95. The molecule has 2 rings (SSSR count). The zero-order valence-corrected chi connectivity index (χ0v) is 15.3. The van der Waals surface area contributed by atoms with E-state index in [1.54, 1.807) is 6.07 Å². The Balaban J connectivity index is 0.00000200. The molecule has 0 aliphatic heterocycles. The van der Waals surface area contributed by atoms with Crippen molar-refractivity contribution < 1.29 is 0 Å². The van der Waals surface area contributed by atoms with Crippen molar-refractivity contribution in [3.05, 3.63) is 33.8 Å². The second-order valence-electron chi connectivity index (χ2n) is 4.71. The van der Waals surface area contributed by atoms with Crippen LogP contribution in [0, 0.1) is 0 Å². The number of rotatable bonds is 5. The van der Waals surface area contributed by atoms with E-state index in [9.17, 15) is 0 Å². The van der Waals surface area contributed by atoms with Crippen molar-refractivity contribution in [2.24, 2.45) is 4.99 Å². The van der Waals surface area contributed by atoms with Crippen LogP contribution in [0.4, 0.5) is 0 Å². The summed E-state index contributed by atoms with van der Waals surface area (Å²) in [4.78, 5) is 4.56. The van der Waals surface area contributed by atoms with Crippen LogP contribution in [-0.4, -0.2) is 25.1 Å². The van der Waals surface area contributed by atoms with E-state index in [0.717, 1.165) is 31.0 Å². The molecule has 1 aromatic carbocycles. The molecule has 0 unspecified atom stereocenters. The highest BCUT2D eigenvalue weighted by atomic mass is 127. The van der Waals surface area contributed by atoms with Gasteiger partial charge in [-0.15, -0.1) is 24.0 Å². The molecule has 2 N–H and O–H groups in total. The lowest BCUT2D eigenvalue weighted by atomic mass is 10.1. The van der Waals surface area contributed by atoms with E-state index in [0.29, 0.717) is 16.1 Å². The Morgan fingerprint density at radius 2 is 1.90 bits per heavy atom. The van der Waals surface area contributed by atoms with Gasteiger partial charge in [-0.25, -0.2) is 0 Å². The summed E-state index contributed by atoms with van der Waals surface area (Å²) in [6.07, 6.45) is 3.32. The van der Waals surface area contributed by atoms with Crippen LogP contribution >= 0.6 is 47.2 Å². The predicted molar refractivity (Wildman–Crippen MR) is 97.7 cm³/mol. The van der Waals surface area contributed by atoms with Crippen LogP contribution in [-0.2, 0) is 6.42 Å². The third-order valence-electron chi connectivity index (χ3n) is 2.86. The molecular weight excluding hydrogens is 408 g/mol. The molecule has 6 heteroatoms. The quantitative estimate of drug-likeness (QED) is 0.425. The summed E-state index contributed by atoms with van der Waals surface area (Å²) < 4.78 is 0. The Kier molecular flexibility index (Phi) is 7.99. The van der Waals surface area contributed by atoms with Gasteiger partial charge in [0.1, 0.15) is 0 Å². The van der Waals surface area contributed by atoms with E-state index in [1.165, 1.54) is 12.8 Å². The van der Waals surface area contributed by atoms with Crippen molar-refractivity contribution in [1.82, 2.24) is 10.6 Å². The highest BCUT2D eigenvalue weighted by Crippen LogP contribution is 2.20. The molecule has 1 fully saturated rings. The Labute approximate surface area is 147 Å². The maximum absolute atomic E-state index is 5.97. The molecule has 0 aromatic heterocycles. The SMILES string of the molecule is CCNC(=NCCc1cc(Cl)cc(Cl)c1)NC1CC1.I. The van der Waals surface area contributed by atoms with Gasteiger partial charge in [0.2, 0.25) is 0 Å². The zero-order valence-electron chi connectivity index (χ0n) is 11.5. The van der Waals surface area contributed by atoms with E-state index < -0.39 is 0 Å². The largest absolute Gasteiger partial charge is 0.357 e. The third-order valence-corrected chi connectivity index (χ3v) is 3.29. The lowest BCUT2D eigenvalue weighted by molar-refractivity contribution is 0.808. The molecule has 20 heavy (non-hydrogen) atoms. The summed E-state index contributed by atoms with van der Waals surface area (Å²) in [7, 11) is 0. The van der Waals surface area contributed by atoms with Crippen LogP contribution in [0.2, 0.25) is 10.0 Å². The van der Waals surface area contributed by atoms with Gasteiger partial charge >= 0.3 is 0 Å². The van der Waals surface area contributed by atoms with Gasteiger partial charge in [-0.2, -0.15) is 0 Å². The minimum atomic E-state index is 0. The van der Waals surface area contributed by atoms with Crippen LogP contribution in [0.25, 0.3) is 0 Å². The zero-order chi connectivity index (χ0) is 13.7. The highest BCUT2D eigenvalue weighted by molar-refractivity contribution is 14.0. The summed E-state index contributed by atoms with van der Waals surface area (Å²) in [6.45, 7) is 3.67. The summed E-state index contributed by atoms with van der Waals surface area (Å²) in [5.74, 6) is 0.901. The van der Waals surface area contributed by atoms with Gasteiger partial charge in [-0.1, -0.05) is 23.2 Å². The minimum Gasteiger partial charge on any atom is -0.357 e. The van der Waals surface area contributed by atoms with E-state index in [1.807, 2.05) is 12.1 Å². The van der Waals surface area contributed by atoms with Gasteiger partial charge in [0, 0.05) is 29.2 Å². The molecule has 112 valence electrons. The molecule has 0 atom stereocenters. The third kappa shape index (κ3) is 6.50. The number of nitrogens with one attached hydrogen (secondary N) is 2. The molecule has 0 saturated heterocycles. The summed E-state index contributed by atoms with van der Waals surface area (Å²) in [6, 6.07) is 6.22. The average Bonchev–Trinajstić information content (AvgIpc) is 3.12. The van der Waals surface area contributed by atoms with Gasteiger partial charge in [0.25, 0.3) is 0 Å². The molecular formula is C14H20Cl2IN3. The van der Waals surface area contributed by atoms with Gasteiger partial charge in [-0.3, -0.25) is 4.99 Å². The van der Waals surface area contributed by atoms with Gasteiger partial charge < -0.3 is 10.6 Å². The van der Waals surface area contributed by atoms with Crippen LogP contribution in [0.1, 0.15) is 25.3 Å². The number of hydrogen-bond acceptors (Lipinski definition) is 1. The normalized spacial score (nSPS) is 14.7. The van der Waals surface area contributed by atoms with E-state index in [2.05, 4.69) is 22.5 Å². The van der Waals surface area contributed by atoms with Crippen molar-refractivity contribution in [2.45, 2.75) is 32.2 Å². The average molecular weight is 428 g/mol. The van der Waals surface area contributed by atoms with Crippen LogP contribution in [0.15, 0.2) is 23.2 Å². The van der Waals surface area contributed by atoms with Gasteiger partial charge in [0.15, 0.2) is 5.96 Å². The van der Waals surface area contributed by atoms with Crippen LogP contribution < -0.4 is 10.6 Å². The van der Waals surface area contributed by atoms with Crippen LogP contribution in [0.5, 0.6) is 0 Å². The fraction of sp³-hybridized carbons (Fsp3) is 0.500. The van der Waals surface area contributed by atoms with Crippen molar-refractivity contribution in [3.8, 4) is 0 Å². The molecule has 3 nitrogen and oxygen atoms in total. The minimum absolute atomic E-state index is 0. The summed E-state index contributed by atoms with van der Waals surface area (Å²) in [5.41, 5.74) is 1.11. The lowest BCUT2D eigenvalue weighted by Crippen LogP contribution is -2.38. The maximum atomic E-state index is 5.97. The molecule has 0 amide bonds. The maximum Gasteiger partial charge on any atom is 0.191 e. The number of halogens is 3. The fourth-order valence-corrected chi connectivity index (χ4v) is 2.36. The molecule has 0 heterocycles. The van der Waals surface area contributed by atoms with E-state index >= 15 is 0 Å². The predicted octanol–water partition coefficient (Wildman–Crippen LogP) is 3.87. The Hall–Kier alpha value is -0.200. The highest BCUT2D eigenvalue weighted by Gasteiger charge is 2.21. The number of hydrogen-bond donors (Lipinski definition) is 2. The Bertz CT molecular complexity index is 441. The first-order valence-electron chi connectivity index (χ1n) is 6.67. The van der Waals surface area contributed by atoms with Crippen molar-refractivity contribution in [3.63, 3.8) is 0 Å². The molecule has 0 radical (unpaired) electrons. The van der Waals surface area contributed by atoms with Crippen LogP contribution in [0.3, 0.4) is 0 Å². The van der Waals surface area contributed by atoms with Gasteiger partial charge in [0.05, 0.1) is 0 Å². The standard InChI is InChI=1S/C14H19Cl2N3.HI/c1-2-17-14(19-13-3-4-13)18-6-5-10-7-11(15)9-12(16)8-10;/h7-9,13H,2-6H2,1H3,(H2,17,18,19);1H. The number of benzene rings is 1. The summed E-state index contributed by atoms with van der Waals surface area (Å²) in [5, 5.41) is 7.99. The fourth-order valence-electron chi connectivity index (χ4n) is 1.79. The van der Waals surface area contributed by atoms with E-state index in [4.69, 9.17) is 23.2 Å². The Morgan fingerprint density at radius 3 is 2.45 bits per heavy atom. The van der Waals surface area contributed by atoms with Crippen molar-refractivity contribution in [2.75, 3.05) is 13.1 Å².